The Hall–Kier alpha value is -3.66. The third-order valence-electron chi connectivity index (χ3n) is 5.03. The van der Waals surface area contributed by atoms with Gasteiger partial charge in [0.05, 0.1) is 22.1 Å². The van der Waals surface area contributed by atoms with Gasteiger partial charge in [-0.05, 0) is 83.6 Å². The summed E-state index contributed by atoms with van der Waals surface area (Å²) in [5.74, 6) is 0.666. The van der Waals surface area contributed by atoms with Gasteiger partial charge in [0, 0.05) is 27.2 Å². The first-order valence-electron chi connectivity index (χ1n) is 11.3. The lowest BCUT2D eigenvalue weighted by atomic mass is 10.1. The molecule has 192 valence electrons. The van der Waals surface area contributed by atoms with E-state index in [2.05, 4.69) is 43.4 Å². The Kier molecular flexibility index (Phi) is 9.53. The summed E-state index contributed by atoms with van der Waals surface area (Å²) in [6.45, 7) is 2.22. The van der Waals surface area contributed by atoms with Crippen molar-refractivity contribution in [3.63, 3.8) is 0 Å². The molecule has 0 unspecified atom stereocenters. The van der Waals surface area contributed by atoms with E-state index in [1.54, 1.807) is 18.2 Å². The Morgan fingerprint density at radius 2 is 1.95 bits per heavy atom. The quantitative estimate of drug-likeness (QED) is 0.109. The molecule has 0 fully saturated rings. The molecule has 0 radical (unpaired) electrons. The van der Waals surface area contributed by atoms with Gasteiger partial charge in [-0.25, -0.2) is 10.4 Å². The van der Waals surface area contributed by atoms with Gasteiger partial charge in [0.2, 0.25) is 0 Å². The van der Waals surface area contributed by atoms with Gasteiger partial charge in [-0.15, -0.1) is 11.3 Å². The molecule has 1 heterocycles. The zero-order valence-electron chi connectivity index (χ0n) is 20.1. The van der Waals surface area contributed by atoms with Gasteiger partial charge < -0.3 is 14.8 Å². The van der Waals surface area contributed by atoms with Crippen LogP contribution >= 0.6 is 45.5 Å². The average Bonchev–Trinajstić information content (AvgIpc) is 3.38. The Morgan fingerprint density at radius 3 is 2.66 bits per heavy atom. The molecule has 3 aromatic carbocycles. The smallest absolute Gasteiger partial charge is 0.271 e. The second kappa shape index (κ2) is 13.2. The highest BCUT2D eigenvalue weighted by Gasteiger charge is 2.12. The number of halogens is 2. The van der Waals surface area contributed by atoms with Gasteiger partial charge in [0.25, 0.3) is 5.91 Å². The second-order valence-electron chi connectivity index (χ2n) is 7.66. The minimum atomic E-state index is -0.343. The van der Waals surface area contributed by atoms with E-state index in [1.807, 2.05) is 60.8 Å². The van der Waals surface area contributed by atoms with Crippen LogP contribution in [0.4, 0.5) is 10.8 Å². The van der Waals surface area contributed by atoms with E-state index in [9.17, 15) is 4.79 Å². The van der Waals surface area contributed by atoms with Crippen molar-refractivity contribution in [3.05, 3.63) is 85.8 Å². The van der Waals surface area contributed by atoms with Crippen molar-refractivity contribution in [2.75, 3.05) is 18.5 Å². The lowest BCUT2D eigenvalue weighted by molar-refractivity contribution is 0.0955. The molecular formula is C27H21ClIN5O3S. The first-order valence-corrected chi connectivity index (χ1v) is 13.7. The van der Waals surface area contributed by atoms with E-state index >= 15 is 0 Å². The summed E-state index contributed by atoms with van der Waals surface area (Å²) < 4.78 is 11.9. The van der Waals surface area contributed by atoms with Crippen molar-refractivity contribution in [1.29, 1.82) is 5.26 Å². The highest BCUT2D eigenvalue weighted by Crippen LogP contribution is 2.34. The zero-order chi connectivity index (χ0) is 26.9. The molecule has 4 rings (SSSR count). The van der Waals surface area contributed by atoms with Crippen molar-refractivity contribution >= 4 is 68.5 Å². The largest absolute Gasteiger partial charge is 0.490 e. The van der Waals surface area contributed by atoms with Gasteiger partial charge in [0.15, 0.2) is 23.2 Å². The maximum Gasteiger partial charge on any atom is 0.271 e. The van der Waals surface area contributed by atoms with Gasteiger partial charge in [-0.1, -0.05) is 23.7 Å². The summed E-state index contributed by atoms with van der Waals surface area (Å²) in [6.07, 6.45) is 1.52. The van der Waals surface area contributed by atoms with E-state index in [0.717, 1.165) is 25.6 Å². The summed E-state index contributed by atoms with van der Waals surface area (Å²) >= 11 is 9.53. The number of benzene rings is 3. The monoisotopic (exact) mass is 657 g/mol. The maximum atomic E-state index is 12.6. The topological polar surface area (TPSA) is 109 Å². The molecule has 0 spiro atoms. The lowest BCUT2D eigenvalue weighted by Crippen LogP contribution is -2.17. The summed E-state index contributed by atoms with van der Waals surface area (Å²) in [7, 11) is 0. The van der Waals surface area contributed by atoms with Crippen LogP contribution in [-0.2, 0) is 0 Å². The molecule has 4 aromatic rings. The predicted octanol–water partition coefficient (Wildman–Crippen LogP) is 6.88. The Labute approximate surface area is 242 Å². The van der Waals surface area contributed by atoms with Crippen LogP contribution in [0, 0.1) is 14.9 Å². The Balaban J connectivity index is 1.38. The molecular weight excluding hydrogens is 637 g/mol. The molecule has 0 aliphatic carbocycles. The van der Waals surface area contributed by atoms with Crippen molar-refractivity contribution in [1.82, 2.24) is 10.4 Å². The van der Waals surface area contributed by atoms with E-state index in [-0.39, 0.29) is 12.5 Å². The maximum absolute atomic E-state index is 12.6. The molecule has 0 aliphatic rings. The number of hydrazone groups is 1. The number of hydrogen-bond donors (Lipinski definition) is 2. The summed E-state index contributed by atoms with van der Waals surface area (Å²) in [6, 6.07) is 20.1. The third-order valence-corrected chi connectivity index (χ3v) is 6.85. The van der Waals surface area contributed by atoms with E-state index in [0.29, 0.717) is 34.3 Å². The minimum Gasteiger partial charge on any atom is -0.490 e. The molecule has 0 saturated carbocycles. The fourth-order valence-electron chi connectivity index (χ4n) is 3.31. The molecule has 0 bridgehead atoms. The number of nitriles is 1. The normalized spacial score (nSPS) is 10.7. The van der Waals surface area contributed by atoms with Crippen LogP contribution in [0.1, 0.15) is 22.8 Å². The number of ether oxygens (including phenoxy) is 2. The Morgan fingerprint density at radius 1 is 1.18 bits per heavy atom. The van der Waals surface area contributed by atoms with Crippen LogP contribution in [0.25, 0.3) is 11.3 Å². The minimum absolute atomic E-state index is 0.0811. The molecule has 0 atom stereocenters. The van der Waals surface area contributed by atoms with Crippen LogP contribution in [0.15, 0.2) is 71.1 Å². The number of thiazole rings is 1. The van der Waals surface area contributed by atoms with Gasteiger partial charge >= 0.3 is 0 Å². The highest BCUT2D eigenvalue weighted by molar-refractivity contribution is 14.1. The molecule has 11 heteroatoms. The van der Waals surface area contributed by atoms with Crippen molar-refractivity contribution in [2.24, 2.45) is 5.10 Å². The highest BCUT2D eigenvalue weighted by atomic mass is 127. The summed E-state index contributed by atoms with van der Waals surface area (Å²) in [5.41, 5.74) is 6.31. The van der Waals surface area contributed by atoms with Crippen molar-refractivity contribution in [3.8, 4) is 28.8 Å². The molecule has 2 N–H and O–H groups in total. The standard InChI is InChI=1S/C27H21ClIN5O3S/c1-2-36-24-14-17(13-22(29)25(24)37-12-11-30)15-31-34-26(35)19-5-3-18(4-6-19)23-16-38-27(33-23)32-21-9-7-20(28)8-10-21/h3-10,13-16H,2,12H2,1H3,(H,32,33)(H,34,35)/b31-15-. The van der Waals surface area contributed by atoms with E-state index < -0.39 is 0 Å². The van der Waals surface area contributed by atoms with Crippen LogP contribution in [0.2, 0.25) is 5.02 Å². The van der Waals surface area contributed by atoms with E-state index in [4.69, 9.17) is 26.3 Å². The number of anilines is 2. The molecule has 1 aromatic heterocycles. The van der Waals surface area contributed by atoms with Gasteiger partial charge in [0.1, 0.15) is 6.07 Å². The molecule has 1 amide bonds. The fraction of sp³-hybridized carbons (Fsp3) is 0.111. The van der Waals surface area contributed by atoms with Gasteiger partial charge in [-0.2, -0.15) is 10.4 Å². The second-order valence-corrected chi connectivity index (χ2v) is 10.1. The van der Waals surface area contributed by atoms with Gasteiger partial charge in [-0.3, -0.25) is 4.79 Å². The number of hydrogen-bond acceptors (Lipinski definition) is 8. The fourth-order valence-corrected chi connectivity index (χ4v) is 4.96. The first kappa shape index (κ1) is 27.4. The van der Waals surface area contributed by atoms with Crippen LogP contribution in [0.3, 0.4) is 0 Å². The van der Waals surface area contributed by atoms with Crippen molar-refractivity contribution in [2.45, 2.75) is 6.92 Å². The van der Waals surface area contributed by atoms with Crippen molar-refractivity contribution < 1.29 is 14.3 Å². The van der Waals surface area contributed by atoms with Crippen LogP contribution in [0.5, 0.6) is 11.5 Å². The van der Waals surface area contributed by atoms with E-state index in [1.165, 1.54) is 17.6 Å². The first-order chi connectivity index (χ1) is 18.5. The zero-order valence-corrected chi connectivity index (χ0v) is 23.8. The number of carbonyl (C=O) groups excluding carboxylic acids is 1. The predicted molar refractivity (Wildman–Crippen MR) is 159 cm³/mol. The summed E-state index contributed by atoms with van der Waals surface area (Å²) in [4.78, 5) is 17.2. The SMILES string of the molecule is CCOc1cc(/C=N\NC(=O)c2ccc(-c3csc(Nc4ccc(Cl)cc4)n3)cc2)cc(I)c1OCC#N. The molecule has 8 nitrogen and oxygen atoms in total. The summed E-state index contributed by atoms with van der Waals surface area (Å²) in [5, 5.41) is 19.5. The third kappa shape index (κ3) is 7.22. The number of rotatable bonds is 10. The Bertz CT molecular complexity index is 1480. The number of nitrogens with zero attached hydrogens (tertiary/aromatic N) is 3. The number of carbonyl (C=O) groups is 1. The number of amides is 1. The number of aromatic nitrogens is 1. The van der Waals surface area contributed by atoms with Crippen LogP contribution in [-0.4, -0.2) is 30.3 Å². The number of nitrogens with one attached hydrogen (secondary N) is 2. The molecule has 0 aliphatic heterocycles. The average molecular weight is 658 g/mol. The molecule has 38 heavy (non-hydrogen) atoms. The lowest BCUT2D eigenvalue weighted by Gasteiger charge is -2.12. The van der Waals surface area contributed by atoms with Crippen LogP contribution < -0.4 is 20.2 Å². The molecule has 0 saturated heterocycles.